The first kappa shape index (κ1) is 25.8. The Hall–Kier alpha value is -2.33. The second kappa shape index (κ2) is 10.3. The van der Waals surface area contributed by atoms with Crippen LogP contribution in [-0.4, -0.2) is 106 Å². The molecular formula is C22H28O13. The van der Waals surface area contributed by atoms with E-state index < -0.39 is 73.6 Å². The molecule has 6 N–H and O–H groups in total. The third-order valence-corrected chi connectivity index (χ3v) is 6.05. The van der Waals surface area contributed by atoms with Crippen molar-refractivity contribution in [2.24, 2.45) is 0 Å². The molecule has 35 heavy (non-hydrogen) atoms. The van der Waals surface area contributed by atoms with Crippen LogP contribution in [0.4, 0.5) is 0 Å². The monoisotopic (exact) mass is 500 g/mol. The lowest BCUT2D eigenvalue weighted by Gasteiger charge is -2.42. The van der Waals surface area contributed by atoms with Crippen molar-refractivity contribution in [2.45, 2.75) is 68.3 Å². The molecule has 0 amide bonds. The van der Waals surface area contributed by atoms with E-state index in [-0.39, 0.29) is 17.1 Å². The van der Waals surface area contributed by atoms with Gasteiger partial charge in [0.2, 0.25) is 6.29 Å². The third-order valence-electron chi connectivity index (χ3n) is 6.05. The molecule has 4 rings (SSSR count). The molecule has 0 saturated carbocycles. The van der Waals surface area contributed by atoms with Gasteiger partial charge >= 0.3 is 5.63 Å². The Morgan fingerprint density at radius 1 is 0.829 bits per heavy atom. The zero-order valence-electron chi connectivity index (χ0n) is 18.8. The van der Waals surface area contributed by atoms with E-state index in [0.29, 0.717) is 5.39 Å². The van der Waals surface area contributed by atoms with Crippen molar-refractivity contribution in [3.63, 3.8) is 0 Å². The molecule has 2 saturated heterocycles. The molecule has 2 aliphatic heterocycles. The Morgan fingerprint density at radius 3 is 2.23 bits per heavy atom. The highest BCUT2D eigenvalue weighted by atomic mass is 16.7. The van der Waals surface area contributed by atoms with E-state index in [9.17, 15) is 35.4 Å². The number of ether oxygens (including phenoxy) is 5. The van der Waals surface area contributed by atoms with Gasteiger partial charge in [-0.05, 0) is 19.1 Å². The third kappa shape index (κ3) is 5.14. The molecule has 13 nitrogen and oxygen atoms in total. The summed E-state index contributed by atoms with van der Waals surface area (Å²) in [4.78, 5) is 11.6. The van der Waals surface area contributed by atoms with E-state index in [0.717, 1.165) is 0 Å². The Labute approximate surface area is 198 Å². The highest BCUT2D eigenvalue weighted by molar-refractivity contribution is 5.80. The topological polar surface area (TPSA) is 198 Å². The van der Waals surface area contributed by atoms with Gasteiger partial charge in [0.25, 0.3) is 0 Å². The Bertz CT molecular complexity index is 1070. The molecule has 3 heterocycles. The fourth-order valence-corrected chi connectivity index (χ4v) is 3.94. The normalized spacial score (nSPS) is 37.8. The van der Waals surface area contributed by atoms with E-state index in [2.05, 4.69) is 0 Å². The molecule has 13 heteroatoms. The molecule has 1 aromatic carbocycles. The number of hydrogen-bond acceptors (Lipinski definition) is 13. The van der Waals surface area contributed by atoms with Crippen LogP contribution in [0.25, 0.3) is 11.0 Å². The number of methoxy groups -OCH3 is 1. The van der Waals surface area contributed by atoms with Crippen molar-refractivity contribution in [3.8, 4) is 11.5 Å². The quantitative estimate of drug-likeness (QED) is 0.235. The van der Waals surface area contributed by atoms with Crippen molar-refractivity contribution >= 4 is 11.0 Å². The number of aliphatic hydroxyl groups excluding tert-OH is 6. The van der Waals surface area contributed by atoms with Crippen LogP contribution in [0.3, 0.4) is 0 Å². The van der Waals surface area contributed by atoms with Gasteiger partial charge in [-0.2, -0.15) is 0 Å². The lowest BCUT2D eigenvalue weighted by Crippen LogP contribution is -2.61. The van der Waals surface area contributed by atoms with Crippen molar-refractivity contribution in [1.82, 2.24) is 0 Å². The van der Waals surface area contributed by atoms with Gasteiger partial charge in [0, 0.05) is 17.5 Å². The van der Waals surface area contributed by atoms with Gasteiger partial charge in [0.15, 0.2) is 17.8 Å². The maximum atomic E-state index is 11.6. The summed E-state index contributed by atoms with van der Waals surface area (Å²) in [7, 11) is 1.38. The molecule has 0 spiro atoms. The molecule has 0 radical (unpaired) electrons. The lowest BCUT2D eigenvalue weighted by molar-refractivity contribution is -0.318. The summed E-state index contributed by atoms with van der Waals surface area (Å²) in [6, 6.07) is 5.67. The van der Waals surface area contributed by atoms with Gasteiger partial charge in [0.05, 0.1) is 19.8 Å². The number of benzene rings is 1. The standard InChI is InChI=1S/C22H28O13/c1-8-15(24)17(26)19(28)21(32-8)31-7-13-16(25)18(27)20(29)22(35-13)34-12-6-10-9(5-11(12)30-2)3-4-14(23)33-10/h3-6,8,13,15-22,24-29H,7H2,1-2H3/t8?,13?,15?,16-,17-,18?,19-,20-,21?,22-/m1/s1. The van der Waals surface area contributed by atoms with Crippen molar-refractivity contribution in [3.05, 3.63) is 34.7 Å². The van der Waals surface area contributed by atoms with Gasteiger partial charge in [-0.1, -0.05) is 0 Å². The molecular weight excluding hydrogens is 472 g/mol. The van der Waals surface area contributed by atoms with Crippen LogP contribution in [0, 0.1) is 0 Å². The number of hydrogen-bond donors (Lipinski definition) is 6. The van der Waals surface area contributed by atoms with E-state index in [1.165, 1.54) is 38.3 Å². The summed E-state index contributed by atoms with van der Waals surface area (Å²) in [6.07, 6.45) is -14.4. The van der Waals surface area contributed by atoms with E-state index in [4.69, 9.17) is 28.1 Å². The Balaban J connectivity index is 1.50. The summed E-state index contributed by atoms with van der Waals surface area (Å²) < 4.78 is 32.5. The highest BCUT2D eigenvalue weighted by Gasteiger charge is 2.47. The maximum absolute atomic E-state index is 11.6. The first-order chi connectivity index (χ1) is 16.6. The zero-order valence-corrected chi connectivity index (χ0v) is 18.8. The molecule has 194 valence electrons. The SMILES string of the molecule is COc1cc2ccc(=O)oc2cc1O[C@@H]1OC(COC2OC(C)C(O)[C@@H](O)[C@H]2O)[C@@H](O)C(O)[C@H]1O. The number of rotatable bonds is 6. The van der Waals surface area contributed by atoms with E-state index in [1.807, 2.05) is 0 Å². The van der Waals surface area contributed by atoms with Gasteiger partial charge in [-0.3, -0.25) is 0 Å². The largest absolute Gasteiger partial charge is 0.493 e. The summed E-state index contributed by atoms with van der Waals surface area (Å²) in [5.41, 5.74) is -0.408. The summed E-state index contributed by atoms with van der Waals surface area (Å²) in [5, 5.41) is 61.5. The fraction of sp³-hybridized carbons (Fsp3) is 0.591. The molecule has 10 atom stereocenters. The van der Waals surface area contributed by atoms with Crippen LogP contribution >= 0.6 is 0 Å². The second-order valence-corrected chi connectivity index (χ2v) is 8.44. The fourth-order valence-electron chi connectivity index (χ4n) is 3.94. The van der Waals surface area contributed by atoms with Crippen molar-refractivity contribution < 1.29 is 58.7 Å². The molecule has 2 fully saturated rings. The number of fused-ring (bicyclic) bond motifs is 1. The minimum Gasteiger partial charge on any atom is -0.493 e. The summed E-state index contributed by atoms with van der Waals surface area (Å²) in [6.45, 7) is 1.04. The summed E-state index contributed by atoms with van der Waals surface area (Å²) in [5.74, 6) is 0.245. The minimum atomic E-state index is -1.70. The predicted molar refractivity (Wildman–Crippen MR) is 115 cm³/mol. The molecule has 2 aromatic rings. The van der Waals surface area contributed by atoms with E-state index >= 15 is 0 Å². The van der Waals surface area contributed by atoms with Gasteiger partial charge in [-0.25, -0.2) is 4.79 Å². The van der Waals surface area contributed by atoms with Gasteiger partial charge in [-0.15, -0.1) is 0 Å². The van der Waals surface area contributed by atoms with Crippen molar-refractivity contribution in [2.75, 3.05) is 13.7 Å². The van der Waals surface area contributed by atoms with E-state index in [1.54, 1.807) is 0 Å². The minimum absolute atomic E-state index is 0.0265. The summed E-state index contributed by atoms with van der Waals surface area (Å²) >= 11 is 0. The van der Waals surface area contributed by atoms with Crippen LogP contribution in [0.2, 0.25) is 0 Å². The number of aliphatic hydroxyl groups is 6. The molecule has 2 aliphatic rings. The predicted octanol–water partition coefficient (Wildman–Crippen LogP) is -2.17. The molecule has 0 aliphatic carbocycles. The first-order valence-electron chi connectivity index (χ1n) is 10.9. The van der Waals surface area contributed by atoms with Crippen LogP contribution in [0.15, 0.2) is 33.5 Å². The first-order valence-corrected chi connectivity index (χ1v) is 10.9. The Kier molecular flexibility index (Phi) is 7.61. The zero-order chi connectivity index (χ0) is 25.4. The van der Waals surface area contributed by atoms with Crippen molar-refractivity contribution in [1.29, 1.82) is 0 Å². The average molecular weight is 500 g/mol. The second-order valence-electron chi connectivity index (χ2n) is 8.44. The van der Waals surface area contributed by atoms with Crippen LogP contribution < -0.4 is 15.1 Å². The highest BCUT2D eigenvalue weighted by Crippen LogP contribution is 2.35. The van der Waals surface area contributed by atoms with Crippen LogP contribution in [0.5, 0.6) is 11.5 Å². The molecule has 0 bridgehead atoms. The Morgan fingerprint density at radius 2 is 1.51 bits per heavy atom. The van der Waals surface area contributed by atoms with Crippen LogP contribution in [0.1, 0.15) is 6.92 Å². The van der Waals surface area contributed by atoms with Gasteiger partial charge < -0.3 is 58.7 Å². The average Bonchev–Trinajstić information content (AvgIpc) is 2.84. The smallest absolute Gasteiger partial charge is 0.336 e. The maximum Gasteiger partial charge on any atom is 0.336 e. The molecule has 5 unspecified atom stereocenters. The lowest BCUT2D eigenvalue weighted by atomic mass is 9.98. The van der Waals surface area contributed by atoms with Crippen LogP contribution in [-0.2, 0) is 14.2 Å². The van der Waals surface area contributed by atoms with Gasteiger partial charge in [0.1, 0.15) is 48.3 Å². The molecule has 1 aromatic heterocycles.